The Morgan fingerprint density at radius 3 is 2.62 bits per heavy atom. The lowest BCUT2D eigenvalue weighted by atomic mass is 9.74. The SMILES string of the molecule is CCCC1(C(=O)NC2COCC2(C)C(=O)O)CCNCC1. The van der Waals surface area contributed by atoms with Crippen molar-refractivity contribution in [2.45, 2.75) is 45.6 Å². The number of carboxylic acid groups (broad SMARTS) is 1. The summed E-state index contributed by atoms with van der Waals surface area (Å²) in [6.07, 6.45) is 3.41. The summed E-state index contributed by atoms with van der Waals surface area (Å²) in [5.74, 6) is -0.922. The van der Waals surface area contributed by atoms with Crippen molar-refractivity contribution >= 4 is 11.9 Å². The molecule has 0 saturated carbocycles. The van der Waals surface area contributed by atoms with Crippen molar-refractivity contribution in [3.05, 3.63) is 0 Å². The van der Waals surface area contributed by atoms with Crippen molar-refractivity contribution in [1.82, 2.24) is 10.6 Å². The first-order chi connectivity index (χ1) is 9.94. The highest BCUT2D eigenvalue weighted by Crippen LogP contribution is 2.36. The molecule has 0 spiro atoms. The van der Waals surface area contributed by atoms with Crippen LogP contribution < -0.4 is 10.6 Å². The third-order valence-electron chi connectivity index (χ3n) is 5.02. The fourth-order valence-electron chi connectivity index (χ4n) is 3.37. The lowest BCUT2D eigenvalue weighted by molar-refractivity contribution is -0.149. The van der Waals surface area contributed by atoms with E-state index in [1.165, 1.54) is 0 Å². The molecule has 0 aromatic carbocycles. The van der Waals surface area contributed by atoms with Crippen LogP contribution in [0.15, 0.2) is 0 Å². The number of carbonyl (C=O) groups is 2. The van der Waals surface area contributed by atoms with E-state index >= 15 is 0 Å². The zero-order valence-corrected chi connectivity index (χ0v) is 12.9. The summed E-state index contributed by atoms with van der Waals surface area (Å²) < 4.78 is 5.31. The lowest BCUT2D eigenvalue weighted by Gasteiger charge is -2.38. The molecule has 2 saturated heterocycles. The summed E-state index contributed by atoms with van der Waals surface area (Å²) >= 11 is 0. The Labute approximate surface area is 125 Å². The fraction of sp³-hybridized carbons (Fsp3) is 0.867. The minimum atomic E-state index is -1.03. The van der Waals surface area contributed by atoms with Gasteiger partial charge in [0, 0.05) is 0 Å². The largest absolute Gasteiger partial charge is 0.481 e. The van der Waals surface area contributed by atoms with Crippen molar-refractivity contribution < 1.29 is 19.4 Å². The van der Waals surface area contributed by atoms with E-state index in [0.29, 0.717) is 0 Å². The number of ether oxygens (including phenoxy) is 1. The lowest BCUT2D eigenvalue weighted by Crippen LogP contribution is -2.55. The molecular weight excluding hydrogens is 272 g/mol. The quantitative estimate of drug-likeness (QED) is 0.697. The first-order valence-electron chi connectivity index (χ1n) is 7.77. The molecule has 120 valence electrons. The van der Waals surface area contributed by atoms with E-state index < -0.39 is 17.4 Å². The molecule has 2 rings (SSSR count). The molecule has 2 aliphatic heterocycles. The van der Waals surface area contributed by atoms with Crippen LogP contribution in [0.1, 0.15) is 39.5 Å². The van der Waals surface area contributed by atoms with Crippen LogP contribution in [0.5, 0.6) is 0 Å². The number of carboxylic acids is 1. The van der Waals surface area contributed by atoms with Gasteiger partial charge in [-0.2, -0.15) is 0 Å². The standard InChI is InChI=1S/C15H26N2O4/c1-3-4-15(5-7-16-8-6-15)12(18)17-11-9-21-10-14(11,2)13(19)20/h11,16H,3-10H2,1-2H3,(H,17,18)(H,19,20). The average molecular weight is 298 g/mol. The van der Waals surface area contributed by atoms with Gasteiger partial charge in [0.15, 0.2) is 0 Å². The summed E-state index contributed by atoms with van der Waals surface area (Å²) in [7, 11) is 0. The second-order valence-electron chi connectivity index (χ2n) is 6.54. The molecule has 2 heterocycles. The minimum Gasteiger partial charge on any atom is -0.481 e. The van der Waals surface area contributed by atoms with Gasteiger partial charge in [-0.3, -0.25) is 9.59 Å². The highest BCUT2D eigenvalue weighted by atomic mass is 16.5. The number of hydrogen-bond acceptors (Lipinski definition) is 4. The molecule has 0 aromatic rings. The van der Waals surface area contributed by atoms with E-state index in [0.717, 1.165) is 38.8 Å². The average Bonchev–Trinajstić information content (AvgIpc) is 2.83. The van der Waals surface area contributed by atoms with Crippen LogP contribution in [0.2, 0.25) is 0 Å². The van der Waals surface area contributed by atoms with Crippen molar-refractivity contribution in [1.29, 1.82) is 0 Å². The van der Waals surface area contributed by atoms with Crippen LogP contribution >= 0.6 is 0 Å². The van der Waals surface area contributed by atoms with Gasteiger partial charge in [0.25, 0.3) is 0 Å². The minimum absolute atomic E-state index is 0.00572. The maximum absolute atomic E-state index is 12.8. The van der Waals surface area contributed by atoms with Crippen LogP contribution in [0.3, 0.4) is 0 Å². The summed E-state index contributed by atoms with van der Waals surface area (Å²) in [6.45, 7) is 5.82. The summed E-state index contributed by atoms with van der Waals surface area (Å²) in [4.78, 5) is 24.2. The number of amides is 1. The van der Waals surface area contributed by atoms with Gasteiger partial charge in [-0.15, -0.1) is 0 Å². The van der Waals surface area contributed by atoms with E-state index in [-0.39, 0.29) is 24.5 Å². The van der Waals surface area contributed by atoms with Crippen LogP contribution in [-0.2, 0) is 14.3 Å². The summed E-state index contributed by atoms with van der Waals surface area (Å²) in [5.41, 5.74) is -1.39. The Morgan fingerprint density at radius 1 is 1.38 bits per heavy atom. The third kappa shape index (κ3) is 3.06. The van der Waals surface area contributed by atoms with E-state index in [2.05, 4.69) is 17.6 Å². The Morgan fingerprint density at radius 2 is 2.05 bits per heavy atom. The topological polar surface area (TPSA) is 87.7 Å². The zero-order chi connectivity index (χ0) is 15.5. The molecule has 2 unspecified atom stereocenters. The van der Waals surface area contributed by atoms with Crippen molar-refractivity contribution in [2.75, 3.05) is 26.3 Å². The first kappa shape index (κ1) is 16.2. The smallest absolute Gasteiger partial charge is 0.313 e. The zero-order valence-electron chi connectivity index (χ0n) is 12.9. The highest BCUT2D eigenvalue weighted by Gasteiger charge is 2.49. The molecule has 21 heavy (non-hydrogen) atoms. The van der Waals surface area contributed by atoms with Crippen LogP contribution in [0.4, 0.5) is 0 Å². The monoisotopic (exact) mass is 298 g/mol. The van der Waals surface area contributed by atoms with Gasteiger partial charge >= 0.3 is 5.97 Å². The van der Waals surface area contributed by atoms with E-state index in [1.54, 1.807) is 6.92 Å². The second-order valence-corrected chi connectivity index (χ2v) is 6.54. The summed E-state index contributed by atoms with van der Waals surface area (Å²) in [6, 6.07) is -0.453. The van der Waals surface area contributed by atoms with Gasteiger partial charge in [0.2, 0.25) is 5.91 Å². The molecule has 0 radical (unpaired) electrons. The maximum atomic E-state index is 12.8. The van der Waals surface area contributed by atoms with Crippen molar-refractivity contribution in [2.24, 2.45) is 10.8 Å². The molecule has 2 aliphatic rings. The molecule has 2 atom stereocenters. The van der Waals surface area contributed by atoms with Crippen LogP contribution in [0.25, 0.3) is 0 Å². The summed E-state index contributed by atoms with van der Waals surface area (Å²) in [5, 5.41) is 15.6. The van der Waals surface area contributed by atoms with Crippen LogP contribution in [-0.4, -0.2) is 49.3 Å². The van der Waals surface area contributed by atoms with E-state index in [1.807, 2.05) is 0 Å². The molecule has 6 nitrogen and oxygen atoms in total. The Bertz CT molecular complexity index is 401. The maximum Gasteiger partial charge on any atom is 0.313 e. The van der Waals surface area contributed by atoms with Gasteiger partial charge in [-0.05, 0) is 39.3 Å². The number of piperidine rings is 1. The number of aliphatic carboxylic acids is 1. The molecule has 1 amide bonds. The van der Waals surface area contributed by atoms with Gasteiger partial charge in [-0.1, -0.05) is 13.3 Å². The predicted molar refractivity (Wildman–Crippen MR) is 77.9 cm³/mol. The second kappa shape index (κ2) is 6.32. The molecule has 0 aliphatic carbocycles. The molecule has 3 N–H and O–H groups in total. The van der Waals surface area contributed by atoms with Gasteiger partial charge in [0.1, 0.15) is 5.41 Å². The normalized spacial score (nSPS) is 31.8. The number of rotatable bonds is 5. The Balaban J connectivity index is 2.10. The highest BCUT2D eigenvalue weighted by molar-refractivity contribution is 5.84. The Kier molecular flexibility index (Phi) is 4.88. The molecule has 2 fully saturated rings. The number of carbonyl (C=O) groups excluding carboxylic acids is 1. The molecule has 0 aromatic heterocycles. The van der Waals surface area contributed by atoms with E-state index in [4.69, 9.17) is 4.74 Å². The first-order valence-corrected chi connectivity index (χ1v) is 7.77. The molecule has 6 heteroatoms. The van der Waals surface area contributed by atoms with Crippen molar-refractivity contribution in [3.8, 4) is 0 Å². The number of hydrogen-bond donors (Lipinski definition) is 3. The fourth-order valence-corrected chi connectivity index (χ4v) is 3.37. The van der Waals surface area contributed by atoms with Gasteiger partial charge in [-0.25, -0.2) is 0 Å². The van der Waals surface area contributed by atoms with Crippen molar-refractivity contribution in [3.63, 3.8) is 0 Å². The Hall–Kier alpha value is -1.14. The third-order valence-corrected chi connectivity index (χ3v) is 5.02. The number of nitrogens with one attached hydrogen (secondary N) is 2. The molecular formula is C15H26N2O4. The van der Waals surface area contributed by atoms with Crippen LogP contribution in [0, 0.1) is 10.8 Å². The molecule has 0 bridgehead atoms. The van der Waals surface area contributed by atoms with Gasteiger partial charge < -0.3 is 20.5 Å². The van der Waals surface area contributed by atoms with E-state index in [9.17, 15) is 14.7 Å². The predicted octanol–water partition coefficient (Wildman–Crippen LogP) is 0.762. The van der Waals surface area contributed by atoms with Gasteiger partial charge in [0.05, 0.1) is 24.7 Å².